The van der Waals surface area contributed by atoms with Gasteiger partial charge in [-0.25, -0.2) is 9.78 Å². The number of aromatic nitrogens is 2. The van der Waals surface area contributed by atoms with E-state index in [2.05, 4.69) is 4.98 Å². The lowest BCUT2D eigenvalue weighted by Gasteiger charge is -2.07. The predicted molar refractivity (Wildman–Crippen MR) is 81.9 cm³/mol. The van der Waals surface area contributed by atoms with Crippen LogP contribution in [0.4, 0.5) is 0 Å². The van der Waals surface area contributed by atoms with Crippen molar-refractivity contribution in [3.8, 4) is 5.75 Å². The number of carbonyl (C=O) groups excluding carboxylic acids is 1. The van der Waals surface area contributed by atoms with Crippen molar-refractivity contribution in [1.82, 2.24) is 9.38 Å². The molecule has 0 atom stereocenters. The summed E-state index contributed by atoms with van der Waals surface area (Å²) in [7, 11) is 0. The number of benzene rings is 1. The molecule has 3 aromatic rings. The molecule has 0 saturated heterocycles. The highest BCUT2D eigenvalue weighted by molar-refractivity contribution is 5.89. The summed E-state index contributed by atoms with van der Waals surface area (Å²) in [5.41, 5.74) is 1.67. The number of ether oxygens (including phenoxy) is 2. The molecule has 0 unspecified atom stereocenters. The maximum absolute atomic E-state index is 12.1. The second-order valence-corrected chi connectivity index (χ2v) is 4.66. The van der Waals surface area contributed by atoms with Gasteiger partial charge in [-0.05, 0) is 31.2 Å². The van der Waals surface area contributed by atoms with E-state index in [9.17, 15) is 4.79 Å². The number of rotatable bonds is 5. The minimum Gasteiger partial charge on any atom is -0.487 e. The molecule has 112 valence electrons. The average molecular weight is 296 g/mol. The van der Waals surface area contributed by atoms with Crippen molar-refractivity contribution < 1.29 is 14.3 Å². The first kappa shape index (κ1) is 14.1. The van der Waals surface area contributed by atoms with Crippen LogP contribution in [0.3, 0.4) is 0 Å². The van der Waals surface area contributed by atoms with Crippen LogP contribution in [0.1, 0.15) is 23.1 Å². The molecule has 0 saturated carbocycles. The summed E-state index contributed by atoms with van der Waals surface area (Å²) in [6.45, 7) is 2.32. The molecule has 0 bridgehead atoms. The normalized spacial score (nSPS) is 10.6. The van der Waals surface area contributed by atoms with Crippen LogP contribution in [-0.4, -0.2) is 22.0 Å². The SMILES string of the molecule is CCOC(=O)c1nc2ccccn2c1COc1ccccc1. The van der Waals surface area contributed by atoms with Crippen LogP contribution in [0.25, 0.3) is 5.65 Å². The van der Waals surface area contributed by atoms with E-state index in [-0.39, 0.29) is 6.61 Å². The summed E-state index contributed by atoms with van der Waals surface area (Å²) < 4.78 is 12.7. The Morgan fingerprint density at radius 1 is 1.14 bits per heavy atom. The highest BCUT2D eigenvalue weighted by Crippen LogP contribution is 2.17. The van der Waals surface area contributed by atoms with E-state index in [1.54, 1.807) is 6.92 Å². The standard InChI is InChI=1S/C17H16N2O3/c1-2-21-17(20)16-14(12-22-13-8-4-3-5-9-13)19-11-7-6-10-15(19)18-16/h3-11H,2,12H2,1H3. The van der Waals surface area contributed by atoms with E-state index in [1.807, 2.05) is 59.1 Å². The third kappa shape index (κ3) is 2.79. The van der Waals surface area contributed by atoms with E-state index >= 15 is 0 Å². The van der Waals surface area contributed by atoms with Gasteiger partial charge < -0.3 is 9.47 Å². The van der Waals surface area contributed by atoms with E-state index in [4.69, 9.17) is 9.47 Å². The lowest BCUT2D eigenvalue weighted by molar-refractivity contribution is 0.0517. The molecule has 3 rings (SSSR count). The van der Waals surface area contributed by atoms with Gasteiger partial charge in [0.1, 0.15) is 18.0 Å². The number of hydrogen-bond acceptors (Lipinski definition) is 4. The van der Waals surface area contributed by atoms with Crippen LogP contribution in [-0.2, 0) is 11.3 Å². The number of carbonyl (C=O) groups is 1. The molecule has 0 radical (unpaired) electrons. The van der Waals surface area contributed by atoms with Gasteiger partial charge in [0.25, 0.3) is 0 Å². The third-order valence-electron chi connectivity index (χ3n) is 3.22. The Hall–Kier alpha value is -2.82. The van der Waals surface area contributed by atoms with Gasteiger partial charge in [-0.2, -0.15) is 0 Å². The minimum absolute atomic E-state index is 0.239. The molecule has 0 spiro atoms. The minimum atomic E-state index is -0.433. The van der Waals surface area contributed by atoms with E-state index < -0.39 is 5.97 Å². The molecule has 1 aromatic carbocycles. The highest BCUT2D eigenvalue weighted by atomic mass is 16.5. The number of nitrogens with zero attached hydrogens (tertiary/aromatic N) is 2. The summed E-state index contributed by atoms with van der Waals surface area (Å²) in [4.78, 5) is 16.4. The first-order chi connectivity index (χ1) is 10.8. The molecule has 2 heterocycles. The summed E-state index contributed by atoms with van der Waals surface area (Å²) in [6, 6.07) is 15.1. The zero-order valence-corrected chi connectivity index (χ0v) is 12.2. The maximum Gasteiger partial charge on any atom is 0.358 e. The number of para-hydroxylation sites is 1. The van der Waals surface area contributed by atoms with Gasteiger partial charge in [0, 0.05) is 6.20 Å². The Balaban J connectivity index is 1.95. The highest BCUT2D eigenvalue weighted by Gasteiger charge is 2.20. The van der Waals surface area contributed by atoms with Crippen LogP contribution in [0.2, 0.25) is 0 Å². The smallest absolute Gasteiger partial charge is 0.358 e. The van der Waals surface area contributed by atoms with Crippen molar-refractivity contribution in [3.63, 3.8) is 0 Å². The van der Waals surface area contributed by atoms with Crippen molar-refractivity contribution in [2.75, 3.05) is 6.61 Å². The molecule has 0 aliphatic rings. The molecule has 0 aliphatic carbocycles. The molecular formula is C17H16N2O3. The summed E-state index contributed by atoms with van der Waals surface area (Å²) in [5, 5.41) is 0. The van der Waals surface area contributed by atoms with Crippen LogP contribution in [0.15, 0.2) is 54.7 Å². The predicted octanol–water partition coefficient (Wildman–Crippen LogP) is 3.09. The van der Waals surface area contributed by atoms with E-state index in [1.165, 1.54) is 0 Å². The quantitative estimate of drug-likeness (QED) is 0.679. The molecule has 0 N–H and O–H groups in total. The Morgan fingerprint density at radius 3 is 2.68 bits per heavy atom. The third-order valence-corrected chi connectivity index (χ3v) is 3.22. The van der Waals surface area contributed by atoms with E-state index in [0.29, 0.717) is 23.6 Å². The fourth-order valence-corrected chi connectivity index (χ4v) is 2.22. The number of esters is 1. The summed E-state index contributed by atoms with van der Waals surface area (Å²) >= 11 is 0. The number of fused-ring (bicyclic) bond motifs is 1. The average Bonchev–Trinajstić information content (AvgIpc) is 2.93. The van der Waals surface area contributed by atoms with Crippen molar-refractivity contribution in [1.29, 1.82) is 0 Å². The Morgan fingerprint density at radius 2 is 1.91 bits per heavy atom. The number of imidazole rings is 1. The van der Waals surface area contributed by atoms with Crippen molar-refractivity contribution in [3.05, 3.63) is 66.1 Å². The largest absolute Gasteiger partial charge is 0.487 e. The van der Waals surface area contributed by atoms with Gasteiger partial charge in [-0.3, -0.25) is 4.40 Å². The van der Waals surface area contributed by atoms with Crippen LogP contribution in [0, 0.1) is 0 Å². The lowest BCUT2D eigenvalue weighted by Crippen LogP contribution is -2.10. The lowest BCUT2D eigenvalue weighted by atomic mass is 10.3. The number of pyridine rings is 1. The van der Waals surface area contributed by atoms with Crippen LogP contribution < -0.4 is 4.74 Å². The molecule has 0 fully saturated rings. The first-order valence-electron chi connectivity index (χ1n) is 7.10. The van der Waals surface area contributed by atoms with E-state index in [0.717, 1.165) is 5.75 Å². The first-order valence-corrected chi connectivity index (χ1v) is 7.10. The fraction of sp³-hybridized carbons (Fsp3) is 0.176. The summed E-state index contributed by atoms with van der Waals surface area (Å²) in [5.74, 6) is 0.307. The van der Waals surface area contributed by atoms with Gasteiger partial charge in [-0.1, -0.05) is 24.3 Å². The summed E-state index contributed by atoms with van der Waals surface area (Å²) in [6.07, 6.45) is 1.86. The zero-order chi connectivity index (χ0) is 15.4. The maximum atomic E-state index is 12.1. The Bertz CT molecular complexity index is 781. The van der Waals surface area contributed by atoms with Crippen LogP contribution >= 0.6 is 0 Å². The van der Waals surface area contributed by atoms with Crippen molar-refractivity contribution in [2.24, 2.45) is 0 Å². The van der Waals surface area contributed by atoms with Gasteiger partial charge in [0.15, 0.2) is 5.69 Å². The van der Waals surface area contributed by atoms with Gasteiger partial charge in [-0.15, -0.1) is 0 Å². The van der Waals surface area contributed by atoms with Gasteiger partial charge in [0.05, 0.1) is 12.3 Å². The zero-order valence-electron chi connectivity index (χ0n) is 12.2. The van der Waals surface area contributed by atoms with Crippen molar-refractivity contribution in [2.45, 2.75) is 13.5 Å². The van der Waals surface area contributed by atoms with Crippen LogP contribution in [0.5, 0.6) is 5.75 Å². The molecule has 5 nitrogen and oxygen atoms in total. The molecule has 0 aliphatic heterocycles. The second-order valence-electron chi connectivity index (χ2n) is 4.66. The monoisotopic (exact) mass is 296 g/mol. The van der Waals surface area contributed by atoms with Gasteiger partial charge >= 0.3 is 5.97 Å². The van der Waals surface area contributed by atoms with Crippen molar-refractivity contribution >= 4 is 11.6 Å². The Kier molecular flexibility index (Phi) is 4.05. The Labute approximate surface area is 128 Å². The molecule has 5 heteroatoms. The fourth-order valence-electron chi connectivity index (χ4n) is 2.22. The topological polar surface area (TPSA) is 52.8 Å². The molecular weight excluding hydrogens is 280 g/mol. The number of hydrogen-bond donors (Lipinski definition) is 0. The molecule has 0 amide bonds. The molecule has 2 aromatic heterocycles. The second kappa shape index (κ2) is 6.30. The molecule has 22 heavy (non-hydrogen) atoms. The van der Waals surface area contributed by atoms with Gasteiger partial charge in [0.2, 0.25) is 0 Å².